The lowest BCUT2D eigenvalue weighted by Gasteiger charge is -2.21. The van der Waals surface area contributed by atoms with Crippen molar-refractivity contribution in [2.45, 2.75) is 11.1 Å². The van der Waals surface area contributed by atoms with Crippen LogP contribution in [0.3, 0.4) is 0 Å². The van der Waals surface area contributed by atoms with E-state index in [2.05, 4.69) is 5.32 Å². The van der Waals surface area contributed by atoms with E-state index in [0.717, 1.165) is 11.3 Å². The van der Waals surface area contributed by atoms with Gasteiger partial charge in [0.2, 0.25) is 0 Å². The summed E-state index contributed by atoms with van der Waals surface area (Å²) in [6.45, 7) is 1.83. The monoisotopic (exact) mass is 363 g/mol. The standard InChI is InChI=1S/C13H21N3O5S2/c1-10(12(17)18)9-15(2)13(19)14-6-7-16(3)23(20,21)11-5-4-8-22-11/h4-5,8,10H,6-7,9H2,1-3H3,(H,14,19)(H,17,18). The van der Waals surface area contributed by atoms with Crippen LogP contribution >= 0.6 is 11.3 Å². The van der Waals surface area contributed by atoms with Crippen LogP contribution < -0.4 is 5.32 Å². The molecule has 2 amide bonds. The zero-order chi connectivity index (χ0) is 17.6. The number of carbonyl (C=O) groups is 2. The number of aliphatic carboxylic acids is 1. The van der Waals surface area contributed by atoms with Crippen molar-refractivity contribution >= 4 is 33.4 Å². The molecule has 130 valence electrons. The quantitative estimate of drug-likeness (QED) is 0.708. The zero-order valence-electron chi connectivity index (χ0n) is 13.2. The molecule has 1 aromatic heterocycles. The second-order valence-corrected chi connectivity index (χ2v) is 8.33. The molecule has 0 saturated heterocycles. The van der Waals surface area contributed by atoms with Gasteiger partial charge in [-0.05, 0) is 11.4 Å². The van der Waals surface area contributed by atoms with Crippen molar-refractivity contribution < 1.29 is 23.1 Å². The van der Waals surface area contributed by atoms with Gasteiger partial charge in [-0.25, -0.2) is 13.2 Å². The molecule has 1 atom stereocenters. The minimum Gasteiger partial charge on any atom is -0.481 e. The van der Waals surface area contributed by atoms with Crippen molar-refractivity contribution in [2.24, 2.45) is 5.92 Å². The van der Waals surface area contributed by atoms with Crippen molar-refractivity contribution in [1.29, 1.82) is 0 Å². The van der Waals surface area contributed by atoms with Crippen LogP contribution in [0.15, 0.2) is 21.7 Å². The highest BCUT2D eigenvalue weighted by atomic mass is 32.2. The molecule has 1 aromatic rings. The maximum absolute atomic E-state index is 12.2. The first-order valence-corrected chi connectivity index (χ1v) is 9.20. The molecule has 10 heteroatoms. The van der Waals surface area contributed by atoms with E-state index >= 15 is 0 Å². The molecule has 0 radical (unpaired) electrons. The number of nitrogens with zero attached hydrogens (tertiary/aromatic N) is 2. The Morgan fingerprint density at radius 2 is 2.04 bits per heavy atom. The van der Waals surface area contributed by atoms with Gasteiger partial charge >= 0.3 is 12.0 Å². The number of hydrogen-bond acceptors (Lipinski definition) is 5. The fourth-order valence-corrected chi connectivity index (χ4v) is 4.08. The molecule has 0 aliphatic rings. The molecule has 0 aliphatic heterocycles. The summed E-state index contributed by atoms with van der Waals surface area (Å²) in [5, 5.41) is 13.1. The van der Waals surface area contributed by atoms with Crippen molar-refractivity contribution in [3.8, 4) is 0 Å². The number of likely N-dealkylation sites (N-methyl/N-ethyl adjacent to an activating group) is 1. The average molecular weight is 363 g/mol. The van der Waals surface area contributed by atoms with Crippen molar-refractivity contribution in [3.05, 3.63) is 17.5 Å². The van der Waals surface area contributed by atoms with Crippen LogP contribution in [0.2, 0.25) is 0 Å². The number of nitrogens with one attached hydrogen (secondary N) is 1. The van der Waals surface area contributed by atoms with Gasteiger partial charge in [-0.3, -0.25) is 4.79 Å². The summed E-state index contributed by atoms with van der Waals surface area (Å²) in [5.74, 6) is -1.65. The lowest BCUT2D eigenvalue weighted by atomic mass is 10.2. The Morgan fingerprint density at radius 1 is 1.39 bits per heavy atom. The van der Waals surface area contributed by atoms with E-state index in [1.54, 1.807) is 11.4 Å². The van der Waals surface area contributed by atoms with Gasteiger partial charge < -0.3 is 15.3 Å². The minimum absolute atomic E-state index is 0.0739. The van der Waals surface area contributed by atoms with Crippen LogP contribution in [0, 0.1) is 5.92 Å². The van der Waals surface area contributed by atoms with Crippen LogP contribution in [-0.2, 0) is 14.8 Å². The van der Waals surface area contributed by atoms with E-state index in [0.29, 0.717) is 0 Å². The SMILES string of the molecule is CC(CN(C)C(=O)NCCN(C)S(=O)(=O)c1cccs1)C(=O)O. The fraction of sp³-hybridized carbons (Fsp3) is 0.538. The number of hydrogen-bond donors (Lipinski definition) is 2. The average Bonchev–Trinajstić information content (AvgIpc) is 3.01. The van der Waals surface area contributed by atoms with Crippen molar-refractivity contribution in [1.82, 2.24) is 14.5 Å². The Labute approximate surface area is 139 Å². The molecule has 0 fully saturated rings. The highest BCUT2D eigenvalue weighted by Crippen LogP contribution is 2.19. The predicted octanol–water partition coefficient (Wildman–Crippen LogP) is 0.731. The molecule has 1 rings (SSSR count). The third kappa shape index (κ3) is 5.48. The molecule has 0 bridgehead atoms. The summed E-state index contributed by atoms with van der Waals surface area (Å²) < 4.78 is 25.8. The van der Waals surface area contributed by atoms with E-state index in [1.165, 1.54) is 36.3 Å². The number of rotatable bonds is 8. The van der Waals surface area contributed by atoms with Gasteiger partial charge in [0.25, 0.3) is 10.0 Å². The first kappa shape index (κ1) is 19.4. The molecule has 8 nitrogen and oxygen atoms in total. The summed E-state index contributed by atoms with van der Waals surface area (Å²) in [6, 6.07) is 2.74. The molecule has 23 heavy (non-hydrogen) atoms. The Kier molecular flexibility index (Phi) is 6.98. The third-order valence-electron chi connectivity index (χ3n) is 3.18. The molecule has 1 heterocycles. The number of carboxylic acids is 1. The van der Waals surface area contributed by atoms with E-state index < -0.39 is 27.9 Å². The highest BCUT2D eigenvalue weighted by molar-refractivity contribution is 7.91. The van der Waals surface area contributed by atoms with Crippen LogP contribution in [0.1, 0.15) is 6.92 Å². The number of amides is 2. The fourth-order valence-electron chi connectivity index (χ4n) is 1.71. The molecule has 0 aromatic carbocycles. The minimum atomic E-state index is -3.53. The smallest absolute Gasteiger partial charge is 0.317 e. The van der Waals surface area contributed by atoms with E-state index in [-0.39, 0.29) is 23.8 Å². The zero-order valence-corrected chi connectivity index (χ0v) is 14.9. The van der Waals surface area contributed by atoms with Crippen LogP contribution in [-0.4, -0.2) is 68.5 Å². The number of sulfonamides is 1. The normalized spacial score (nSPS) is 12.9. The van der Waals surface area contributed by atoms with Crippen LogP contribution in [0.5, 0.6) is 0 Å². The third-order valence-corrected chi connectivity index (χ3v) is 6.41. The van der Waals surface area contributed by atoms with E-state index in [9.17, 15) is 18.0 Å². The van der Waals surface area contributed by atoms with Gasteiger partial charge in [0, 0.05) is 33.7 Å². The summed E-state index contributed by atoms with van der Waals surface area (Å²) in [4.78, 5) is 23.8. The van der Waals surface area contributed by atoms with Crippen LogP contribution in [0.4, 0.5) is 4.79 Å². The Morgan fingerprint density at radius 3 is 2.57 bits per heavy atom. The molecular weight excluding hydrogens is 342 g/mol. The first-order chi connectivity index (χ1) is 10.7. The van der Waals surface area contributed by atoms with Gasteiger partial charge in [-0.2, -0.15) is 4.31 Å². The molecule has 2 N–H and O–H groups in total. The highest BCUT2D eigenvalue weighted by Gasteiger charge is 2.22. The Bertz CT molecular complexity index is 630. The van der Waals surface area contributed by atoms with Gasteiger partial charge in [0.15, 0.2) is 0 Å². The summed E-state index contributed by atoms with van der Waals surface area (Å²) >= 11 is 1.13. The summed E-state index contributed by atoms with van der Waals surface area (Å²) in [6.07, 6.45) is 0. The maximum Gasteiger partial charge on any atom is 0.317 e. The summed E-state index contributed by atoms with van der Waals surface area (Å²) in [7, 11) is -0.606. The van der Waals surface area contributed by atoms with Crippen LogP contribution in [0.25, 0.3) is 0 Å². The largest absolute Gasteiger partial charge is 0.481 e. The second-order valence-electron chi connectivity index (χ2n) is 5.11. The van der Waals surface area contributed by atoms with Gasteiger partial charge in [0.1, 0.15) is 4.21 Å². The van der Waals surface area contributed by atoms with Crippen molar-refractivity contribution in [3.63, 3.8) is 0 Å². The topological polar surface area (TPSA) is 107 Å². The second kappa shape index (κ2) is 8.27. The lowest BCUT2D eigenvalue weighted by Crippen LogP contribution is -2.43. The number of carboxylic acid groups (broad SMARTS) is 1. The van der Waals surface area contributed by atoms with Gasteiger partial charge in [-0.15, -0.1) is 11.3 Å². The maximum atomic E-state index is 12.2. The van der Waals surface area contributed by atoms with E-state index in [4.69, 9.17) is 5.11 Å². The molecule has 0 saturated carbocycles. The van der Waals surface area contributed by atoms with Crippen molar-refractivity contribution in [2.75, 3.05) is 33.7 Å². The number of carbonyl (C=O) groups excluding carboxylic acids is 1. The Hall–Kier alpha value is -1.65. The van der Waals surface area contributed by atoms with Gasteiger partial charge in [0.05, 0.1) is 5.92 Å². The molecular formula is C13H21N3O5S2. The number of thiophene rings is 1. The first-order valence-electron chi connectivity index (χ1n) is 6.88. The number of urea groups is 1. The summed E-state index contributed by atoms with van der Waals surface area (Å²) in [5.41, 5.74) is 0. The lowest BCUT2D eigenvalue weighted by molar-refractivity contribution is -0.141. The molecule has 0 spiro atoms. The predicted molar refractivity (Wildman–Crippen MR) is 87.0 cm³/mol. The molecule has 1 unspecified atom stereocenters. The van der Waals surface area contributed by atoms with E-state index in [1.807, 2.05) is 0 Å². The van der Waals surface area contributed by atoms with Gasteiger partial charge in [-0.1, -0.05) is 13.0 Å². The molecule has 0 aliphatic carbocycles. The Balaban J connectivity index is 2.44.